The Bertz CT molecular complexity index is 2310. The normalized spacial score (nSPS) is 15.1. The third-order valence-corrected chi connectivity index (χ3v) is 10.1. The molecule has 1 saturated heterocycles. The fourth-order valence-corrected chi connectivity index (χ4v) is 7.25. The van der Waals surface area contributed by atoms with E-state index in [4.69, 9.17) is 22.2 Å². The molecule has 0 saturated carbocycles. The Morgan fingerprint density at radius 2 is 1.65 bits per heavy atom. The van der Waals surface area contributed by atoms with E-state index < -0.39 is 82.4 Å². The molecule has 1 unspecified atom stereocenters. The van der Waals surface area contributed by atoms with Crippen molar-refractivity contribution in [2.45, 2.75) is 57.3 Å². The van der Waals surface area contributed by atoms with Crippen LogP contribution in [0.3, 0.4) is 0 Å². The number of unbranched alkanes of at least 4 members (excludes halogenated alkanes) is 1. The number of nitriles is 1. The number of anilines is 2. The number of halogens is 4. The maximum atomic E-state index is 15.3. The third-order valence-electron chi connectivity index (χ3n) is 9.72. The fraction of sp³-hybridized carbons (Fsp3) is 0.325. The van der Waals surface area contributed by atoms with E-state index in [0.29, 0.717) is 29.7 Å². The molecule has 0 aromatic heterocycles. The van der Waals surface area contributed by atoms with Crippen LogP contribution >= 0.6 is 12.2 Å². The number of alkyl halides is 3. The number of amides is 6. The number of thiocarbonyl (C=S) groups is 1. The molecular weight excluding hydrogens is 815 g/mol. The van der Waals surface area contributed by atoms with Gasteiger partial charge in [-0.15, -0.1) is 0 Å². The number of likely N-dealkylation sites (N-methyl/N-ethyl adjacent to an activating group) is 1. The van der Waals surface area contributed by atoms with Gasteiger partial charge in [0.1, 0.15) is 29.2 Å². The number of hydrogen-bond donors (Lipinski definition) is 3. The van der Waals surface area contributed by atoms with Crippen LogP contribution in [0.25, 0.3) is 0 Å². The molecule has 15 nitrogen and oxygen atoms in total. The molecule has 1 atom stereocenters. The van der Waals surface area contributed by atoms with Gasteiger partial charge in [-0.25, -0.2) is 4.39 Å². The van der Waals surface area contributed by atoms with E-state index in [9.17, 15) is 46.7 Å². The summed E-state index contributed by atoms with van der Waals surface area (Å²) in [5.74, 6) is -5.80. The standard InChI is InChI=1S/C40H37F4N7O8S/c1-39(2)37(58)50(26-16-13-23(20-45)31(32(26)41)40(42,43)44)38(60)51(39)24-14-11-22(12-15-24)33(54)48-18-5-4-17-47-29(53)21-59-28-10-6-8-25-30(28)36(57)49(35(25)56)27(9-7-19-52)34(55)46-3/h6,8,10-16,19,27H,4-5,7,9,17-18,21H2,1-3H3,(H,46,55)(H,47,53)(H,48,54). The predicted molar refractivity (Wildman–Crippen MR) is 209 cm³/mol. The summed E-state index contributed by atoms with van der Waals surface area (Å²) >= 11 is 5.46. The molecule has 6 amide bonds. The zero-order valence-corrected chi connectivity index (χ0v) is 33.1. The van der Waals surface area contributed by atoms with Crippen molar-refractivity contribution in [2.75, 3.05) is 36.5 Å². The smallest absolute Gasteiger partial charge is 0.420 e. The quantitative estimate of drug-likeness (QED) is 0.0619. The number of hydrogen-bond acceptors (Lipinski definition) is 10. The number of nitrogens with one attached hydrogen (secondary N) is 3. The summed E-state index contributed by atoms with van der Waals surface area (Å²) < 4.78 is 62.0. The van der Waals surface area contributed by atoms with Gasteiger partial charge in [0.15, 0.2) is 17.5 Å². The highest BCUT2D eigenvalue weighted by molar-refractivity contribution is 7.81. The molecule has 2 aliphatic rings. The molecule has 314 valence electrons. The van der Waals surface area contributed by atoms with Gasteiger partial charge in [0.2, 0.25) is 5.91 Å². The van der Waals surface area contributed by atoms with Crippen LogP contribution in [-0.2, 0) is 25.4 Å². The van der Waals surface area contributed by atoms with Gasteiger partial charge in [0.05, 0.1) is 28.4 Å². The summed E-state index contributed by atoms with van der Waals surface area (Å²) in [5.41, 5.74) is -4.61. The van der Waals surface area contributed by atoms with Crippen LogP contribution in [0, 0.1) is 17.1 Å². The van der Waals surface area contributed by atoms with Crippen molar-refractivity contribution in [3.05, 3.63) is 88.2 Å². The summed E-state index contributed by atoms with van der Waals surface area (Å²) in [6.07, 6.45) is -3.87. The van der Waals surface area contributed by atoms with Crippen molar-refractivity contribution in [3.63, 3.8) is 0 Å². The molecule has 0 bridgehead atoms. The molecule has 1 fully saturated rings. The van der Waals surface area contributed by atoms with Crippen molar-refractivity contribution >= 4 is 70.4 Å². The molecule has 0 spiro atoms. The minimum atomic E-state index is -5.22. The number of ether oxygens (including phenoxy) is 1. The largest absolute Gasteiger partial charge is 0.483 e. The van der Waals surface area contributed by atoms with Crippen molar-refractivity contribution < 1.29 is 55.9 Å². The van der Waals surface area contributed by atoms with Gasteiger partial charge in [-0.05, 0) is 93.9 Å². The van der Waals surface area contributed by atoms with E-state index >= 15 is 4.39 Å². The Hall–Kier alpha value is -6.75. The van der Waals surface area contributed by atoms with Crippen LogP contribution in [0.15, 0.2) is 54.6 Å². The lowest BCUT2D eigenvalue weighted by Crippen LogP contribution is -2.48. The average molecular weight is 852 g/mol. The van der Waals surface area contributed by atoms with Crippen LogP contribution in [-0.4, -0.2) is 90.1 Å². The first-order chi connectivity index (χ1) is 28.4. The van der Waals surface area contributed by atoms with Crippen LogP contribution in [0.4, 0.5) is 28.9 Å². The second kappa shape index (κ2) is 18.0. The van der Waals surface area contributed by atoms with Gasteiger partial charge in [-0.3, -0.25) is 38.6 Å². The number of nitrogens with zero attached hydrogens (tertiary/aromatic N) is 4. The first-order valence-electron chi connectivity index (χ1n) is 18.3. The molecular formula is C40H37F4N7O8S. The number of carbonyl (C=O) groups is 7. The Balaban J connectivity index is 1.10. The first kappa shape index (κ1) is 44.4. The monoisotopic (exact) mass is 851 g/mol. The summed E-state index contributed by atoms with van der Waals surface area (Å²) in [5, 5.41) is 16.6. The fourth-order valence-electron chi connectivity index (χ4n) is 6.73. The van der Waals surface area contributed by atoms with E-state index in [2.05, 4.69) is 16.0 Å². The second-order valence-electron chi connectivity index (χ2n) is 13.9. The number of benzene rings is 3. The molecule has 2 aliphatic heterocycles. The molecule has 3 aromatic carbocycles. The number of rotatable bonds is 16. The molecule has 20 heteroatoms. The van der Waals surface area contributed by atoms with Crippen LogP contribution in [0.2, 0.25) is 0 Å². The van der Waals surface area contributed by atoms with E-state index in [0.717, 1.165) is 17.0 Å². The highest BCUT2D eigenvalue weighted by atomic mass is 32.1. The van der Waals surface area contributed by atoms with Crippen molar-refractivity contribution in [1.82, 2.24) is 20.9 Å². The molecule has 3 aromatic rings. The zero-order valence-electron chi connectivity index (χ0n) is 32.3. The van der Waals surface area contributed by atoms with Crippen LogP contribution < -0.4 is 30.5 Å². The Labute approximate surface area is 345 Å². The minimum Gasteiger partial charge on any atom is -0.483 e. The summed E-state index contributed by atoms with van der Waals surface area (Å²) in [6.45, 7) is 2.83. The van der Waals surface area contributed by atoms with Crippen LogP contribution in [0.1, 0.15) is 81.7 Å². The maximum absolute atomic E-state index is 15.3. The lowest BCUT2D eigenvalue weighted by molar-refractivity contribution is -0.140. The van der Waals surface area contributed by atoms with E-state index in [-0.39, 0.29) is 53.5 Å². The second-order valence-corrected chi connectivity index (χ2v) is 14.3. The average Bonchev–Trinajstić information content (AvgIpc) is 3.57. The number of imide groups is 1. The molecule has 0 radical (unpaired) electrons. The van der Waals surface area contributed by atoms with E-state index in [1.165, 1.54) is 74.3 Å². The molecule has 2 heterocycles. The number of fused-ring (bicyclic) bond motifs is 1. The minimum absolute atomic E-state index is 0.00841. The maximum Gasteiger partial charge on any atom is 0.420 e. The zero-order chi connectivity index (χ0) is 44.1. The lowest BCUT2D eigenvalue weighted by Gasteiger charge is -2.29. The number of carbonyl (C=O) groups excluding carboxylic acids is 7. The SMILES string of the molecule is CNC(=O)C(CCC=O)N1C(=O)c2cccc(OCC(=O)NCCCCNC(=O)c3ccc(N4C(=S)N(c5ccc(C#N)c(C(F)(F)F)c5F)C(=O)C4(C)C)cc3)c2C1=O. The third kappa shape index (κ3) is 8.66. The Kier molecular flexibility index (Phi) is 13.3. The summed E-state index contributed by atoms with van der Waals surface area (Å²) in [7, 11) is 1.34. The van der Waals surface area contributed by atoms with Gasteiger partial charge < -0.3 is 30.4 Å². The molecule has 5 rings (SSSR count). The van der Waals surface area contributed by atoms with Crippen molar-refractivity contribution in [1.29, 1.82) is 5.26 Å². The number of aldehydes is 1. The predicted octanol–water partition coefficient (Wildman–Crippen LogP) is 4.03. The van der Waals surface area contributed by atoms with Gasteiger partial charge in [0, 0.05) is 37.8 Å². The lowest BCUT2D eigenvalue weighted by atomic mass is 10.0. The molecule has 60 heavy (non-hydrogen) atoms. The molecule has 3 N–H and O–H groups in total. The van der Waals surface area contributed by atoms with E-state index in [1.54, 1.807) is 0 Å². The van der Waals surface area contributed by atoms with Gasteiger partial charge in [-0.1, -0.05) is 6.07 Å². The van der Waals surface area contributed by atoms with Gasteiger partial charge in [-0.2, -0.15) is 18.4 Å². The summed E-state index contributed by atoms with van der Waals surface area (Å²) in [4.78, 5) is 91.4. The summed E-state index contributed by atoms with van der Waals surface area (Å²) in [6, 6.07) is 11.8. The van der Waals surface area contributed by atoms with Crippen LogP contribution in [0.5, 0.6) is 5.75 Å². The highest BCUT2D eigenvalue weighted by Gasteiger charge is 2.52. The van der Waals surface area contributed by atoms with Crippen molar-refractivity contribution in [2.24, 2.45) is 0 Å². The van der Waals surface area contributed by atoms with Gasteiger partial charge >= 0.3 is 6.18 Å². The Morgan fingerprint density at radius 3 is 2.27 bits per heavy atom. The first-order valence-corrected chi connectivity index (χ1v) is 18.7. The highest BCUT2D eigenvalue weighted by Crippen LogP contribution is 2.42. The topological polar surface area (TPSA) is 198 Å². The van der Waals surface area contributed by atoms with Gasteiger partial charge in [0.25, 0.3) is 29.5 Å². The van der Waals surface area contributed by atoms with Crippen molar-refractivity contribution in [3.8, 4) is 11.8 Å². The van der Waals surface area contributed by atoms with E-state index in [1.807, 2.05) is 0 Å². The Morgan fingerprint density at radius 1 is 0.983 bits per heavy atom. The molecule has 0 aliphatic carbocycles.